The minimum Gasteiger partial charge on any atom is -0.337 e. The standard InChI is InChI=1S/C13H15N3O2/c1-2-3-7-15-9-13(14-10-15)11-5-4-6-12(8-11)16(17)18/h4-6,8-10H,2-3,7H2,1H3. The molecule has 0 fully saturated rings. The fourth-order valence-corrected chi connectivity index (χ4v) is 1.75. The number of hydrogen-bond donors (Lipinski definition) is 0. The van der Waals surface area contributed by atoms with Crippen LogP contribution in [0, 0.1) is 10.1 Å². The van der Waals surface area contributed by atoms with E-state index in [4.69, 9.17) is 0 Å². The summed E-state index contributed by atoms with van der Waals surface area (Å²) in [6.07, 6.45) is 5.92. The van der Waals surface area contributed by atoms with Crippen molar-refractivity contribution in [1.29, 1.82) is 0 Å². The van der Waals surface area contributed by atoms with Gasteiger partial charge in [-0.15, -0.1) is 0 Å². The van der Waals surface area contributed by atoms with E-state index >= 15 is 0 Å². The average Bonchev–Trinajstić information content (AvgIpc) is 2.85. The minimum atomic E-state index is -0.391. The number of aryl methyl sites for hydroxylation is 1. The van der Waals surface area contributed by atoms with Gasteiger partial charge in [0.1, 0.15) is 0 Å². The van der Waals surface area contributed by atoms with Crippen molar-refractivity contribution in [2.45, 2.75) is 26.3 Å². The summed E-state index contributed by atoms with van der Waals surface area (Å²) in [6, 6.07) is 6.54. The van der Waals surface area contributed by atoms with Crippen molar-refractivity contribution in [3.63, 3.8) is 0 Å². The van der Waals surface area contributed by atoms with Crippen LogP contribution in [0.25, 0.3) is 11.3 Å². The van der Waals surface area contributed by atoms with Crippen LogP contribution in [0.2, 0.25) is 0 Å². The van der Waals surface area contributed by atoms with E-state index in [9.17, 15) is 10.1 Å². The van der Waals surface area contributed by atoms with Gasteiger partial charge in [-0.25, -0.2) is 4.98 Å². The van der Waals surface area contributed by atoms with Crippen molar-refractivity contribution in [1.82, 2.24) is 9.55 Å². The molecule has 94 valence electrons. The van der Waals surface area contributed by atoms with E-state index in [2.05, 4.69) is 11.9 Å². The fraction of sp³-hybridized carbons (Fsp3) is 0.308. The van der Waals surface area contributed by atoms with Gasteiger partial charge in [0.15, 0.2) is 0 Å². The molecule has 1 heterocycles. The summed E-state index contributed by atoms with van der Waals surface area (Å²) in [5, 5.41) is 10.7. The maximum atomic E-state index is 10.7. The van der Waals surface area contributed by atoms with Crippen molar-refractivity contribution in [2.24, 2.45) is 0 Å². The molecule has 0 atom stereocenters. The van der Waals surface area contributed by atoms with Crippen LogP contribution < -0.4 is 0 Å². The van der Waals surface area contributed by atoms with Crippen molar-refractivity contribution < 1.29 is 4.92 Å². The number of nitrogens with zero attached hydrogens (tertiary/aromatic N) is 3. The molecule has 0 amide bonds. The lowest BCUT2D eigenvalue weighted by Gasteiger charge is -1.98. The Morgan fingerprint density at radius 1 is 1.44 bits per heavy atom. The zero-order chi connectivity index (χ0) is 13.0. The summed E-state index contributed by atoms with van der Waals surface area (Å²) < 4.78 is 2.01. The number of rotatable bonds is 5. The molecule has 0 aliphatic carbocycles. The molecule has 1 aromatic carbocycles. The van der Waals surface area contributed by atoms with E-state index in [0.29, 0.717) is 0 Å². The van der Waals surface area contributed by atoms with E-state index in [1.54, 1.807) is 18.5 Å². The molecule has 0 unspecified atom stereocenters. The molecule has 0 aliphatic rings. The molecule has 2 aromatic rings. The van der Waals surface area contributed by atoms with E-state index in [1.165, 1.54) is 6.07 Å². The van der Waals surface area contributed by atoms with Gasteiger partial charge in [-0.3, -0.25) is 10.1 Å². The SMILES string of the molecule is CCCCn1cnc(-c2cccc([N+](=O)[O-])c2)c1. The number of non-ortho nitro benzene ring substituents is 1. The largest absolute Gasteiger partial charge is 0.337 e. The summed E-state index contributed by atoms with van der Waals surface area (Å²) in [6.45, 7) is 3.07. The second-order valence-corrected chi connectivity index (χ2v) is 4.16. The number of benzene rings is 1. The van der Waals surface area contributed by atoms with E-state index in [0.717, 1.165) is 30.6 Å². The monoisotopic (exact) mass is 245 g/mol. The van der Waals surface area contributed by atoms with Gasteiger partial charge in [-0.1, -0.05) is 25.5 Å². The highest BCUT2D eigenvalue weighted by Gasteiger charge is 2.08. The van der Waals surface area contributed by atoms with Gasteiger partial charge in [0.05, 0.1) is 16.9 Å². The van der Waals surface area contributed by atoms with Gasteiger partial charge >= 0.3 is 0 Å². The molecule has 5 nitrogen and oxygen atoms in total. The Morgan fingerprint density at radius 2 is 2.28 bits per heavy atom. The molecule has 0 saturated carbocycles. The van der Waals surface area contributed by atoms with Gasteiger partial charge < -0.3 is 4.57 Å². The molecule has 1 aromatic heterocycles. The molecular formula is C13H15N3O2. The molecule has 0 N–H and O–H groups in total. The minimum absolute atomic E-state index is 0.0932. The summed E-state index contributed by atoms with van der Waals surface area (Å²) in [7, 11) is 0. The van der Waals surface area contributed by atoms with Crippen LogP contribution in [0.15, 0.2) is 36.8 Å². The highest BCUT2D eigenvalue weighted by atomic mass is 16.6. The lowest BCUT2D eigenvalue weighted by molar-refractivity contribution is -0.384. The molecule has 0 aliphatic heterocycles. The van der Waals surface area contributed by atoms with Crippen LogP contribution >= 0.6 is 0 Å². The molecule has 0 saturated heterocycles. The molecule has 18 heavy (non-hydrogen) atoms. The Balaban J connectivity index is 2.23. The molecule has 0 spiro atoms. The second kappa shape index (κ2) is 5.44. The van der Waals surface area contributed by atoms with Gasteiger partial charge in [0, 0.05) is 30.4 Å². The number of unbranched alkanes of at least 4 members (excludes halogenated alkanes) is 1. The quantitative estimate of drug-likeness (QED) is 0.600. The first-order valence-corrected chi connectivity index (χ1v) is 5.97. The average molecular weight is 245 g/mol. The molecule has 0 radical (unpaired) electrons. The van der Waals surface area contributed by atoms with Crippen LogP contribution in [-0.4, -0.2) is 14.5 Å². The maximum Gasteiger partial charge on any atom is 0.270 e. The molecule has 5 heteroatoms. The Bertz CT molecular complexity index is 549. The maximum absolute atomic E-state index is 10.7. The fourth-order valence-electron chi connectivity index (χ4n) is 1.75. The lowest BCUT2D eigenvalue weighted by atomic mass is 10.1. The van der Waals surface area contributed by atoms with Crippen molar-refractivity contribution in [3.8, 4) is 11.3 Å². The first kappa shape index (κ1) is 12.3. The van der Waals surface area contributed by atoms with Gasteiger partial charge in [0.2, 0.25) is 0 Å². The highest BCUT2D eigenvalue weighted by Crippen LogP contribution is 2.22. The molecule has 2 rings (SSSR count). The van der Waals surface area contributed by atoms with Gasteiger partial charge in [-0.05, 0) is 6.42 Å². The second-order valence-electron chi connectivity index (χ2n) is 4.16. The number of nitro groups is 1. The topological polar surface area (TPSA) is 61.0 Å². The zero-order valence-corrected chi connectivity index (χ0v) is 10.2. The van der Waals surface area contributed by atoms with Crippen LogP contribution in [-0.2, 0) is 6.54 Å². The molecular weight excluding hydrogens is 230 g/mol. The van der Waals surface area contributed by atoms with E-state index in [-0.39, 0.29) is 5.69 Å². The van der Waals surface area contributed by atoms with Crippen molar-refractivity contribution in [3.05, 3.63) is 46.9 Å². The highest BCUT2D eigenvalue weighted by molar-refractivity contribution is 5.61. The Labute approximate surface area is 105 Å². The van der Waals surface area contributed by atoms with Crippen LogP contribution in [0.5, 0.6) is 0 Å². The Hall–Kier alpha value is -2.17. The number of hydrogen-bond acceptors (Lipinski definition) is 3. The predicted octanol–water partition coefficient (Wildman–Crippen LogP) is 3.26. The van der Waals surface area contributed by atoms with Gasteiger partial charge in [-0.2, -0.15) is 0 Å². The summed E-state index contributed by atoms with van der Waals surface area (Å²) in [4.78, 5) is 14.6. The lowest BCUT2D eigenvalue weighted by Crippen LogP contribution is -1.92. The van der Waals surface area contributed by atoms with Gasteiger partial charge in [0.25, 0.3) is 5.69 Å². The third-order valence-electron chi connectivity index (χ3n) is 2.76. The third kappa shape index (κ3) is 2.74. The zero-order valence-electron chi connectivity index (χ0n) is 10.2. The van der Waals surface area contributed by atoms with Crippen LogP contribution in [0.4, 0.5) is 5.69 Å². The summed E-state index contributed by atoms with van der Waals surface area (Å²) in [5.41, 5.74) is 1.64. The van der Waals surface area contributed by atoms with E-state index < -0.39 is 4.92 Å². The van der Waals surface area contributed by atoms with Crippen molar-refractivity contribution in [2.75, 3.05) is 0 Å². The van der Waals surface area contributed by atoms with E-state index in [1.807, 2.05) is 16.8 Å². The predicted molar refractivity (Wildman–Crippen MR) is 69.2 cm³/mol. The Kier molecular flexibility index (Phi) is 3.72. The first-order chi connectivity index (χ1) is 8.70. The third-order valence-corrected chi connectivity index (χ3v) is 2.76. The molecule has 0 bridgehead atoms. The smallest absolute Gasteiger partial charge is 0.270 e. The first-order valence-electron chi connectivity index (χ1n) is 5.97. The summed E-state index contributed by atoms with van der Waals surface area (Å²) >= 11 is 0. The number of nitro benzene ring substituents is 1. The summed E-state index contributed by atoms with van der Waals surface area (Å²) in [5.74, 6) is 0. The van der Waals surface area contributed by atoms with Crippen LogP contribution in [0.3, 0.4) is 0 Å². The number of imidazole rings is 1. The van der Waals surface area contributed by atoms with Crippen molar-refractivity contribution >= 4 is 5.69 Å². The number of aromatic nitrogens is 2. The normalized spacial score (nSPS) is 10.5. The van der Waals surface area contributed by atoms with Crippen LogP contribution in [0.1, 0.15) is 19.8 Å². The Morgan fingerprint density at radius 3 is 3.00 bits per heavy atom.